The third-order valence-electron chi connectivity index (χ3n) is 4.52. The van der Waals surface area contributed by atoms with Crippen LogP contribution >= 0.6 is 0 Å². The van der Waals surface area contributed by atoms with Gasteiger partial charge >= 0.3 is 5.97 Å². The maximum atomic E-state index is 12.2. The van der Waals surface area contributed by atoms with Crippen LogP contribution in [0.25, 0.3) is 11.0 Å². The summed E-state index contributed by atoms with van der Waals surface area (Å²) in [6, 6.07) is 0. The number of carbonyl (C=O) groups excluding carboxylic acids is 2. The van der Waals surface area contributed by atoms with Crippen molar-refractivity contribution in [1.29, 1.82) is 0 Å². The number of hydrogen-bond donors (Lipinski definition) is 2. The molecular formula is C17H22N4O4. The van der Waals surface area contributed by atoms with E-state index in [-0.39, 0.29) is 24.4 Å². The highest BCUT2D eigenvalue weighted by Crippen LogP contribution is 2.28. The summed E-state index contributed by atoms with van der Waals surface area (Å²) >= 11 is 0. The van der Waals surface area contributed by atoms with Gasteiger partial charge in [0, 0.05) is 12.7 Å². The molecule has 1 saturated carbocycles. The van der Waals surface area contributed by atoms with E-state index in [9.17, 15) is 14.4 Å². The Morgan fingerprint density at radius 3 is 2.76 bits per heavy atom. The Bertz CT molecular complexity index is 892. The number of nitrogens with zero attached hydrogens (tertiary/aromatic N) is 2. The first-order valence-electron chi connectivity index (χ1n) is 8.34. The van der Waals surface area contributed by atoms with Crippen molar-refractivity contribution in [3.05, 3.63) is 27.2 Å². The second kappa shape index (κ2) is 6.70. The number of carbonyl (C=O) groups is 2. The van der Waals surface area contributed by atoms with Crippen LogP contribution < -0.4 is 10.9 Å². The van der Waals surface area contributed by atoms with Gasteiger partial charge < -0.3 is 10.1 Å². The minimum Gasteiger partial charge on any atom is -0.464 e. The third-order valence-corrected chi connectivity index (χ3v) is 4.52. The normalized spacial score (nSPS) is 13.9. The maximum absolute atomic E-state index is 12.2. The molecule has 1 fully saturated rings. The summed E-state index contributed by atoms with van der Waals surface area (Å²) in [5.74, 6) is -0.239. The van der Waals surface area contributed by atoms with Crippen LogP contribution in [0.4, 0.5) is 0 Å². The van der Waals surface area contributed by atoms with Gasteiger partial charge in [-0.2, -0.15) is 0 Å². The van der Waals surface area contributed by atoms with Gasteiger partial charge in [-0.1, -0.05) is 0 Å². The van der Waals surface area contributed by atoms with Crippen molar-refractivity contribution in [2.24, 2.45) is 13.0 Å². The van der Waals surface area contributed by atoms with Crippen LogP contribution in [0.1, 0.15) is 29.7 Å². The molecule has 1 aliphatic carbocycles. The van der Waals surface area contributed by atoms with Gasteiger partial charge in [0.2, 0.25) is 5.91 Å². The van der Waals surface area contributed by atoms with Gasteiger partial charge in [-0.25, -0.2) is 4.98 Å². The number of aromatic nitrogens is 3. The van der Waals surface area contributed by atoms with E-state index in [0.717, 1.165) is 18.4 Å². The molecule has 0 atom stereocenters. The van der Waals surface area contributed by atoms with Crippen LogP contribution in [0.3, 0.4) is 0 Å². The Morgan fingerprint density at radius 2 is 2.08 bits per heavy atom. The molecule has 2 heterocycles. The Morgan fingerprint density at radius 1 is 1.36 bits per heavy atom. The predicted octanol–water partition coefficient (Wildman–Crippen LogP) is 0.490. The number of hydrogen-bond acceptors (Lipinski definition) is 5. The molecule has 0 radical (unpaired) electrons. The van der Waals surface area contributed by atoms with Gasteiger partial charge in [0.25, 0.3) is 5.56 Å². The molecule has 0 spiro atoms. The predicted molar refractivity (Wildman–Crippen MR) is 91.2 cm³/mol. The van der Waals surface area contributed by atoms with E-state index in [2.05, 4.69) is 15.4 Å². The number of amides is 1. The average molecular weight is 346 g/mol. The number of pyridine rings is 1. The zero-order valence-corrected chi connectivity index (χ0v) is 14.6. The molecule has 0 aliphatic heterocycles. The van der Waals surface area contributed by atoms with E-state index in [4.69, 9.17) is 4.74 Å². The van der Waals surface area contributed by atoms with Gasteiger partial charge in [0.1, 0.15) is 6.54 Å². The number of aryl methyl sites for hydroxylation is 3. The first kappa shape index (κ1) is 17.2. The first-order valence-corrected chi connectivity index (χ1v) is 8.34. The Labute approximate surface area is 144 Å². The number of ether oxygens (including phenoxy) is 1. The Balaban J connectivity index is 1.67. The quantitative estimate of drug-likeness (QED) is 0.741. The topological polar surface area (TPSA) is 106 Å². The van der Waals surface area contributed by atoms with Crippen LogP contribution in [0.15, 0.2) is 4.79 Å². The lowest BCUT2D eigenvalue weighted by Crippen LogP contribution is -2.32. The van der Waals surface area contributed by atoms with Crippen molar-refractivity contribution >= 4 is 22.9 Å². The molecule has 1 amide bonds. The minimum atomic E-state index is -0.429. The second-order valence-electron chi connectivity index (χ2n) is 6.58. The maximum Gasteiger partial charge on any atom is 0.325 e. The average Bonchev–Trinajstić information content (AvgIpc) is 3.33. The molecule has 134 valence electrons. The summed E-state index contributed by atoms with van der Waals surface area (Å²) in [6.45, 7) is 3.89. The number of rotatable bonds is 6. The van der Waals surface area contributed by atoms with E-state index in [1.165, 1.54) is 0 Å². The first-order chi connectivity index (χ1) is 11.9. The van der Waals surface area contributed by atoms with E-state index in [0.29, 0.717) is 34.8 Å². The molecule has 0 aromatic carbocycles. The van der Waals surface area contributed by atoms with Crippen LogP contribution in [0.2, 0.25) is 0 Å². The molecule has 0 unspecified atom stereocenters. The highest BCUT2D eigenvalue weighted by atomic mass is 16.5. The monoisotopic (exact) mass is 346 g/mol. The molecule has 8 nitrogen and oxygen atoms in total. The molecular weight excluding hydrogens is 324 g/mol. The van der Waals surface area contributed by atoms with E-state index < -0.39 is 5.97 Å². The fraction of sp³-hybridized carbons (Fsp3) is 0.529. The zero-order valence-electron chi connectivity index (χ0n) is 14.6. The second-order valence-corrected chi connectivity index (χ2v) is 6.58. The molecule has 2 aromatic rings. The summed E-state index contributed by atoms with van der Waals surface area (Å²) in [5, 5.41) is 5.72. The fourth-order valence-electron chi connectivity index (χ4n) is 2.85. The lowest BCUT2D eigenvalue weighted by Gasteiger charge is -2.11. The van der Waals surface area contributed by atoms with E-state index >= 15 is 0 Å². The van der Waals surface area contributed by atoms with Crippen LogP contribution in [0, 0.1) is 19.8 Å². The Kier molecular flexibility index (Phi) is 4.61. The number of fused-ring (bicyclic) bond motifs is 1. The van der Waals surface area contributed by atoms with Crippen molar-refractivity contribution < 1.29 is 14.3 Å². The molecule has 1 aliphatic rings. The number of nitrogens with one attached hydrogen (secondary N) is 2. The summed E-state index contributed by atoms with van der Waals surface area (Å²) in [7, 11) is 1.72. The third kappa shape index (κ3) is 3.72. The zero-order chi connectivity index (χ0) is 18.1. The number of aromatic amines is 1. The SMILES string of the molecule is Cc1nc2c(c(C)c1CC(=O)NCC(=O)OCC1CC1)c(=O)[nH]n2C. The largest absolute Gasteiger partial charge is 0.464 e. The smallest absolute Gasteiger partial charge is 0.325 e. The fourth-order valence-corrected chi connectivity index (χ4v) is 2.85. The minimum absolute atomic E-state index is 0.0604. The van der Waals surface area contributed by atoms with Gasteiger partial charge in [-0.15, -0.1) is 0 Å². The molecule has 2 N–H and O–H groups in total. The van der Waals surface area contributed by atoms with Crippen molar-refractivity contribution in [3.8, 4) is 0 Å². The van der Waals surface area contributed by atoms with E-state index in [1.807, 2.05) is 0 Å². The summed E-state index contributed by atoms with van der Waals surface area (Å²) < 4.78 is 6.64. The van der Waals surface area contributed by atoms with Gasteiger partial charge in [-0.05, 0) is 43.7 Å². The van der Waals surface area contributed by atoms with Crippen molar-refractivity contribution in [1.82, 2.24) is 20.1 Å². The molecule has 2 aromatic heterocycles. The molecule has 3 rings (SSSR count). The van der Waals surface area contributed by atoms with Crippen LogP contribution in [-0.2, 0) is 27.8 Å². The highest BCUT2D eigenvalue weighted by Gasteiger charge is 2.23. The van der Waals surface area contributed by atoms with Crippen molar-refractivity contribution in [2.45, 2.75) is 33.1 Å². The molecule has 25 heavy (non-hydrogen) atoms. The highest BCUT2D eigenvalue weighted by molar-refractivity contribution is 5.86. The number of esters is 1. The van der Waals surface area contributed by atoms with Crippen molar-refractivity contribution in [3.63, 3.8) is 0 Å². The van der Waals surface area contributed by atoms with Gasteiger partial charge in [0.05, 0.1) is 18.4 Å². The van der Waals surface area contributed by atoms with Crippen molar-refractivity contribution in [2.75, 3.05) is 13.2 Å². The summed E-state index contributed by atoms with van der Waals surface area (Å²) in [4.78, 5) is 40.2. The van der Waals surface area contributed by atoms with Crippen LogP contribution in [0.5, 0.6) is 0 Å². The van der Waals surface area contributed by atoms with E-state index in [1.54, 1.807) is 25.6 Å². The van der Waals surface area contributed by atoms with Gasteiger partial charge in [0.15, 0.2) is 5.65 Å². The molecule has 0 saturated heterocycles. The lowest BCUT2D eigenvalue weighted by atomic mass is 10.0. The van der Waals surface area contributed by atoms with Crippen LogP contribution in [-0.4, -0.2) is 39.8 Å². The Hall–Kier alpha value is -2.64. The lowest BCUT2D eigenvalue weighted by molar-refractivity contribution is -0.144. The number of H-pyrrole nitrogens is 1. The molecule has 8 heteroatoms. The summed E-state index contributed by atoms with van der Waals surface area (Å²) in [5.41, 5.74) is 2.45. The van der Waals surface area contributed by atoms with Gasteiger partial charge in [-0.3, -0.25) is 24.2 Å². The standard InChI is InChI=1S/C17H22N4O4/c1-9-12(10(2)19-16-15(9)17(24)20-21(16)3)6-13(22)18-7-14(23)25-8-11-4-5-11/h11H,4-8H2,1-3H3,(H,18,22)(H,20,24). The summed E-state index contributed by atoms with van der Waals surface area (Å²) in [6.07, 6.45) is 2.27. The molecule has 0 bridgehead atoms.